The number of hydrogen-bond acceptors (Lipinski definition) is 1. The van der Waals surface area contributed by atoms with Crippen molar-refractivity contribution in [2.45, 2.75) is 57.3 Å². The molecule has 1 aromatic rings. The number of fused-ring (bicyclic) bond motifs is 1. The first kappa shape index (κ1) is 13.2. The molecule has 0 aromatic heterocycles. The summed E-state index contributed by atoms with van der Waals surface area (Å²) in [5.41, 5.74) is 9.25. The van der Waals surface area contributed by atoms with Crippen LogP contribution in [0.1, 0.15) is 62.0 Å². The van der Waals surface area contributed by atoms with Gasteiger partial charge in [-0.2, -0.15) is 0 Å². The maximum absolute atomic E-state index is 5.99. The van der Waals surface area contributed by atoms with Gasteiger partial charge in [-0.05, 0) is 67.5 Å². The van der Waals surface area contributed by atoms with Crippen molar-refractivity contribution in [3.8, 4) is 0 Å². The molecule has 0 bridgehead atoms. The van der Waals surface area contributed by atoms with E-state index in [0.717, 1.165) is 24.3 Å². The lowest BCUT2D eigenvalue weighted by Crippen LogP contribution is -2.28. The molecule has 3 unspecified atom stereocenters. The molecule has 0 heterocycles. The average Bonchev–Trinajstić information content (AvgIpc) is 2.48. The highest BCUT2D eigenvalue weighted by molar-refractivity contribution is 5.32. The fourth-order valence-electron chi connectivity index (χ4n) is 4.37. The minimum Gasteiger partial charge on any atom is -0.330 e. The van der Waals surface area contributed by atoms with Gasteiger partial charge in [0.05, 0.1) is 0 Å². The number of aryl methyl sites for hydroxylation is 1. The zero-order valence-corrected chi connectivity index (χ0v) is 12.0. The van der Waals surface area contributed by atoms with Gasteiger partial charge < -0.3 is 5.73 Å². The van der Waals surface area contributed by atoms with E-state index in [9.17, 15) is 0 Å². The monoisotopic (exact) mass is 257 g/mol. The first-order valence-corrected chi connectivity index (χ1v) is 8.16. The predicted molar refractivity (Wildman–Crippen MR) is 81.2 cm³/mol. The van der Waals surface area contributed by atoms with E-state index in [0.29, 0.717) is 0 Å². The van der Waals surface area contributed by atoms with Crippen molar-refractivity contribution in [2.75, 3.05) is 6.54 Å². The Kier molecular flexibility index (Phi) is 4.22. The standard InChI is InChI=1S/C18H27N/c19-13-17-8-2-1-7-15(17)12-16-10-5-9-14-6-3-4-11-18(14)16/h3-4,6,11,15-17H,1-2,5,7-10,12-13,19H2. The largest absolute Gasteiger partial charge is 0.330 e. The summed E-state index contributed by atoms with van der Waals surface area (Å²) in [6, 6.07) is 9.13. The Morgan fingerprint density at radius 3 is 2.58 bits per heavy atom. The van der Waals surface area contributed by atoms with Crippen molar-refractivity contribution >= 4 is 0 Å². The van der Waals surface area contributed by atoms with E-state index in [1.807, 2.05) is 0 Å². The minimum atomic E-state index is 0.794. The molecule has 2 aliphatic carbocycles. The maximum atomic E-state index is 5.99. The smallest absolute Gasteiger partial charge is 0.00462 e. The van der Waals surface area contributed by atoms with Crippen molar-refractivity contribution < 1.29 is 0 Å². The lowest BCUT2D eigenvalue weighted by atomic mass is 9.71. The number of rotatable bonds is 3. The Balaban J connectivity index is 1.73. The quantitative estimate of drug-likeness (QED) is 0.860. The first-order valence-electron chi connectivity index (χ1n) is 8.16. The van der Waals surface area contributed by atoms with Crippen molar-refractivity contribution in [1.29, 1.82) is 0 Å². The molecule has 1 saturated carbocycles. The van der Waals surface area contributed by atoms with E-state index in [1.165, 1.54) is 51.4 Å². The van der Waals surface area contributed by atoms with Gasteiger partial charge in [0.25, 0.3) is 0 Å². The van der Waals surface area contributed by atoms with E-state index < -0.39 is 0 Å². The fourth-order valence-corrected chi connectivity index (χ4v) is 4.37. The third-order valence-corrected chi connectivity index (χ3v) is 5.45. The molecule has 104 valence electrons. The highest BCUT2D eigenvalue weighted by Gasteiger charge is 2.29. The van der Waals surface area contributed by atoms with Crippen molar-refractivity contribution in [3.63, 3.8) is 0 Å². The molecule has 0 saturated heterocycles. The normalized spacial score (nSPS) is 30.9. The summed E-state index contributed by atoms with van der Waals surface area (Å²) in [7, 11) is 0. The van der Waals surface area contributed by atoms with E-state index >= 15 is 0 Å². The molecule has 0 radical (unpaired) electrons. The van der Waals surface area contributed by atoms with Crippen LogP contribution in [0.5, 0.6) is 0 Å². The lowest BCUT2D eigenvalue weighted by Gasteiger charge is -2.35. The minimum absolute atomic E-state index is 0.794. The number of hydrogen-bond donors (Lipinski definition) is 1. The second-order valence-electron chi connectivity index (χ2n) is 6.56. The summed E-state index contributed by atoms with van der Waals surface area (Å²) in [5.74, 6) is 2.49. The average molecular weight is 257 g/mol. The van der Waals surface area contributed by atoms with Gasteiger partial charge in [0.2, 0.25) is 0 Å². The van der Waals surface area contributed by atoms with Gasteiger partial charge in [-0.15, -0.1) is 0 Å². The summed E-state index contributed by atoms with van der Waals surface area (Å²) in [5, 5.41) is 0. The molecule has 0 aliphatic heterocycles. The molecule has 2 aliphatic rings. The second kappa shape index (κ2) is 6.09. The third kappa shape index (κ3) is 2.86. The Labute approximate surface area is 117 Å². The zero-order chi connectivity index (χ0) is 13.1. The van der Waals surface area contributed by atoms with Crippen LogP contribution in [-0.2, 0) is 6.42 Å². The van der Waals surface area contributed by atoms with Gasteiger partial charge in [-0.3, -0.25) is 0 Å². The SMILES string of the molecule is NCC1CCCCC1CC1CCCc2ccccc21. The lowest BCUT2D eigenvalue weighted by molar-refractivity contribution is 0.213. The molecule has 1 aromatic carbocycles. The zero-order valence-electron chi connectivity index (χ0n) is 12.0. The van der Waals surface area contributed by atoms with E-state index in [-0.39, 0.29) is 0 Å². The van der Waals surface area contributed by atoms with Crippen LogP contribution in [0.15, 0.2) is 24.3 Å². The summed E-state index contributed by atoms with van der Waals surface area (Å²) in [6.07, 6.45) is 11.1. The molecular weight excluding hydrogens is 230 g/mol. The van der Waals surface area contributed by atoms with Gasteiger partial charge in [0.15, 0.2) is 0 Å². The Bertz CT molecular complexity index is 412. The van der Waals surface area contributed by atoms with Crippen LogP contribution < -0.4 is 5.73 Å². The van der Waals surface area contributed by atoms with Crippen LogP contribution in [0, 0.1) is 11.8 Å². The Morgan fingerprint density at radius 1 is 0.947 bits per heavy atom. The summed E-state index contributed by atoms with van der Waals surface area (Å²) in [4.78, 5) is 0. The predicted octanol–water partition coefficient (Wildman–Crippen LogP) is 4.26. The van der Waals surface area contributed by atoms with Crippen LogP contribution in [-0.4, -0.2) is 6.54 Å². The highest BCUT2D eigenvalue weighted by atomic mass is 14.6. The van der Waals surface area contributed by atoms with Crippen molar-refractivity contribution in [2.24, 2.45) is 17.6 Å². The molecule has 1 fully saturated rings. The molecule has 2 N–H and O–H groups in total. The van der Waals surface area contributed by atoms with Gasteiger partial charge in [-0.25, -0.2) is 0 Å². The van der Waals surface area contributed by atoms with Crippen LogP contribution in [0.3, 0.4) is 0 Å². The molecule has 0 amide bonds. The summed E-state index contributed by atoms with van der Waals surface area (Å²) in [6.45, 7) is 0.902. The molecule has 3 rings (SSSR count). The second-order valence-corrected chi connectivity index (χ2v) is 6.56. The van der Waals surface area contributed by atoms with Crippen LogP contribution in [0.2, 0.25) is 0 Å². The van der Waals surface area contributed by atoms with Gasteiger partial charge >= 0.3 is 0 Å². The fraction of sp³-hybridized carbons (Fsp3) is 0.667. The number of benzene rings is 1. The summed E-state index contributed by atoms with van der Waals surface area (Å²) < 4.78 is 0. The molecular formula is C18H27N. The molecule has 3 atom stereocenters. The van der Waals surface area contributed by atoms with Gasteiger partial charge in [0, 0.05) is 0 Å². The first-order chi connectivity index (χ1) is 9.38. The molecule has 0 spiro atoms. The van der Waals surface area contributed by atoms with E-state index in [2.05, 4.69) is 24.3 Å². The van der Waals surface area contributed by atoms with Gasteiger partial charge in [-0.1, -0.05) is 43.5 Å². The third-order valence-electron chi connectivity index (χ3n) is 5.45. The topological polar surface area (TPSA) is 26.0 Å². The maximum Gasteiger partial charge on any atom is -0.00462 e. The van der Waals surface area contributed by atoms with E-state index in [4.69, 9.17) is 5.73 Å². The summed E-state index contributed by atoms with van der Waals surface area (Å²) >= 11 is 0. The van der Waals surface area contributed by atoms with Gasteiger partial charge in [0.1, 0.15) is 0 Å². The highest BCUT2D eigenvalue weighted by Crippen LogP contribution is 2.41. The van der Waals surface area contributed by atoms with Crippen LogP contribution in [0.4, 0.5) is 0 Å². The number of nitrogens with two attached hydrogens (primary N) is 1. The van der Waals surface area contributed by atoms with Crippen molar-refractivity contribution in [1.82, 2.24) is 0 Å². The van der Waals surface area contributed by atoms with Crippen LogP contribution >= 0.6 is 0 Å². The van der Waals surface area contributed by atoms with Crippen LogP contribution in [0.25, 0.3) is 0 Å². The Morgan fingerprint density at radius 2 is 1.74 bits per heavy atom. The Hall–Kier alpha value is -0.820. The van der Waals surface area contributed by atoms with E-state index in [1.54, 1.807) is 11.1 Å². The van der Waals surface area contributed by atoms with Crippen molar-refractivity contribution in [3.05, 3.63) is 35.4 Å². The molecule has 1 heteroatoms. The molecule has 19 heavy (non-hydrogen) atoms. The molecule has 1 nitrogen and oxygen atoms in total.